The first-order valence-corrected chi connectivity index (χ1v) is 5.46. The number of carbonyl (C=O) groups excluding carboxylic acids is 1. The Morgan fingerprint density at radius 2 is 2.33 bits per heavy atom. The van der Waals surface area contributed by atoms with Crippen LogP contribution >= 0.6 is 21.6 Å². The van der Waals surface area contributed by atoms with Crippen molar-refractivity contribution < 1.29 is 4.79 Å². The molecule has 1 heterocycles. The Kier molecular flexibility index (Phi) is 1.49. The van der Waals surface area contributed by atoms with Crippen molar-refractivity contribution >= 4 is 26.7 Å². The van der Waals surface area contributed by atoms with Crippen molar-refractivity contribution in [2.75, 3.05) is 0 Å². The monoisotopic (exact) mass is 160 g/mol. The summed E-state index contributed by atoms with van der Waals surface area (Å²) in [7, 11) is 3.26. The van der Waals surface area contributed by atoms with E-state index < -0.39 is 0 Å². The van der Waals surface area contributed by atoms with Gasteiger partial charge in [-0.25, -0.2) is 0 Å². The van der Waals surface area contributed by atoms with Gasteiger partial charge in [0.1, 0.15) is 0 Å². The quantitative estimate of drug-likeness (QED) is 0.505. The molecule has 1 nitrogen and oxygen atoms in total. The van der Waals surface area contributed by atoms with Crippen LogP contribution < -0.4 is 0 Å². The van der Waals surface area contributed by atoms with Gasteiger partial charge in [0.2, 0.25) is 5.12 Å². The molecule has 3 heteroatoms. The summed E-state index contributed by atoms with van der Waals surface area (Å²) in [4.78, 5) is 11.0. The second-order valence-electron chi connectivity index (χ2n) is 2.57. The molecule has 1 aliphatic heterocycles. The highest BCUT2D eigenvalue weighted by molar-refractivity contribution is 8.83. The molecule has 0 aromatic heterocycles. The molecule has 2 aliphatic rings. The molecule has 1 saturated heterocycles. The van der Waals surface area contributed by atoms with Gasteiger partial charge in [0.15, 0.2) is 0 Å². The minimum absolute atomic E-state index is 0.431. The minimum atomic E-state index is 0.431. The molecule has 1 saturated carbocycles. The standard InChI is InChI=1S/C6H8OS2/c7-6-4-2-1-3-5(4)8-9-6/h4-5H,1-3H2/t4-,5+/m0/s1. The summed E-state index contributed by atoms with van der Waals surface area (Å²) >= 11 is 0. The molecular formula is C6H8OS2. The number of rotatable bonds is 0. The molecule has 0 unspecified atom stereocenters. The van der Waals surface area contributed by atoms with Crippen LogP contribution in [0.5, 0.6) is 0 Å². The van der Waals surface area contributed by atoms with E-state index in [9.17, 15) is 4.79 Å². The molecular weight excluding hydrogens is 152 g/mol. The van der Waals surface area contributed by atoms with Crippen LogP contribution in [0, 0.1) is 5.92 Å². The Labute approximate surface area is 62.4 Å². The Balaban J connectivity index is 2.15. The first-order chi connectivity index (χ1) is 4.38. The van der Waals surface area contributed by atoms with Crippen molar-refractivity contribution in [1.29, 1.82) is 0 Å². The normalized spacial score (nSPS) is 41.6. The smallest absolute Gasteiger partial charge is 0.203 e. The third-order valence-corrected chi connectivity index (χ3v) is 4.91. The summed E-state index contributed by atoms with van der Waals surface area (Å²) < 4.78 is 0. The van der Waals surface area contributed by atoms with Gasteiger partial charge in [-0.3, -0.25) is 4.79 Å². The highest BCUT2D eigenvalue weighted by atomic mass is 33.1. The number of fused-ring (bicyclic) bond motifs is 1. The summed E-state index contributed by atoms with van der Waals surface area (Å²) in [6.07, 6.45) is 3.70. The van der Waals surface area contributed by atoms with Crippen LogP contribution in [-0.2, 0) is 4.79 Å². The van der Waals surface area contributed by atoms with Gasteiger partial charge in [-0.15, -0.1) is 0 Å². The van der Waals surface area contributed by atoms with Crippen molar-refractivity contribution in [2.24, 2.45) is 5.92 Å². The van der Waals surface area contributed by atoms with Crippen molar-refractivity contribution in [1.82, 2.24) is 0 Å². The molecule has 0 bridgehead atoms. The van der Waals surface area contributed by atoms with E-state index in [0.29, 0.717) is 16.3 Å². The molecule has 0 radical (unpaired) electrons. The van der Waals surface area contributed by atoms with Crippen LogP contribution in [0.4, 0.5) is 0 Å². The SMILES string of the molecule is O=C1SS[C@@H]2CCC[C@H]12. The van der Waals surface area contributed by atoms with Crippen molar-refractivity contribution in [3.8, 4) is 0 Å². The van der Waals surface area contributed by atoms with Crippen molar-refractivity contribution in [3.63, 3.8) is 0 Å². The average Bonchev–Trinajstić information content (AvgIpc) is 2.35. The molecule has 0 spiro atoms. The van der Waals surface area contributed by atoms with Gasteiger partial charge < -0.3 is 0 Å². The van der Waals surface area contributed by atoms with Gasteiger partial charge in [0.25, 0.3) is 0 Å². The first-order valence-electron chi connectivity index (χ1n) is 3.25. The van der Waals surface area contributed by atoms with Crippen LogP contribution in [0.1, 0.15) is 19.3 Å². The fourth-order valence-corrected chi connectivity index (χ4v) is 4.57. The molecule has 0 N–H and O–H groups in total. The van der Waals surface area contributed by atoms with Crippen LogP contribution in [0.15, 0.2) is 0 Å². The summed E-state index contributed by atoms with van der Waals surface area (Å²) in [6.45, 7) is 0. The van der Waals surface area contributed by atoms with Crippen molar-refractivity contribution in [3.05, 3.63) is 0 Å². The van der Waals surface area contributed by atoms with Gasteiger partial charge in [0, 0.05) is 11.2 Å². The lowest BCUT2D eigenvalue weighted by Crippen LogP contribution is -2.09. The third-order valence-electron chi connectivity index (χ3n) is 2.01. The summed E-state index contributed by atoms with van der Waals surface area (Å²) in [6, 6.07) is 0. The molecule has 0 amide bonds. The van der Waals surface area contributed by atoms with Crippen LogP contribution in [0.2, 0.25) is 0 Å². The maximum atomic E-state index is 11.0. The molecule has 9 heavy (non-hydrogen) atoms. The molecule has 50 valence electrons. The van der Waals surface area contributed by atoms with E-state index in [1.54, 1.807) is 10.8 Å². The van der Waals surface area contributed by atoms with E-state index >= 15 is 0 Å². The largest absolute Gasteiger partial charge is 0.286 e. The van der Waals surface area contributed by atoms with Crippen LogP contribution in [0.3, 0.4) is 0 Å². The zero-order valence-corrected chi connectivity index (χ0v) is 6.63. The molecule has 0 aromatic rings. The maximum Gasteiger partial charge on any atom is 0.203 e. The van der Waals surface area contributed by atoms with Crippen LogP contribution in [0.25, 0.3) is 0 Å². The summed E-state index contributed by atoms with van der Waals surface area (Å²) in [5.41, 5.74) is 0. The fourth-order valence-electron chi connectivity index (χ4n) is 1.48. The highest BCUT2D eigenvalue weighted by Gasteiger charge is 2.39. The second-order valence-corrected chi connectivity index (χ2v) is 5.02. The highest BCUT2D eigenvalue weighted by Crippen LogP contribution is 2.50. The molecule has 2 rings (SSSR count). The topological polar surface area (TPSA) is 17.1 Å². The summed E-state index contributed by atoms with van der Waals surface area (Å²) in [5, 5.41) is 1.12. The number of hydrogen-bond acceptors (Lipinski definition) is 3. The Hall–Kier alpha value is 0.370. The molecule has 2 fully saturated rings. The average molecular weight is 160 g/mol. The molecule has 0 aromatic carbocycles. The van der Waals surface area contributed by atoms with E-state index in [-0.39, 0.29) is 0 Å². The Morgan fingerprint density at radius 3 is 3.11 bits per heavy atom. The number of hydrogen-bond donors (Lipinski definition) is 0. The number of carbonyl (C=O) groups is 1. The van der Waals surface area contributed by atoms with E-state index in [2.05, 4.69) is 0 Å². The predicted octanol–water partition coefficient (Wildman–Crippen LogP) is 2.08. The molecule has 2 atom stereocenters. The summed E-state index contributed by atoms with van der Waals surface area (Å²) in [5.74, 6) is 0.431. The lowest BCUT2D eigenvalue weighted by molar-refractivity contribution is -0.113. The van der Waals surface area contributed by atoms with E-state index in [4.69, 9.17) is 0 Å². The van der Waals surface area contributed by atoms with Crippen LogP contribution in [-0.4, -0.2) is 10.4 Å². The van der Waals surface area contributed by atoms with Gasteiger partial charge in [-0.05, 0) is 23.6 Å². The minimum Gasteiger partial charge on any atom is -0.286 e. The Bertz CT molecular complexity index is 146. The lowest BCUT2D eigenvalue weighted by Gasteiger charge is -2.00. The first kappa shape index (κ1) is 6.10. The maximum absolute atomic E-state index is 11.0. The third kappa shape index (κ3) is 0.905. The Morgan fingerprint density at radius 1 is 1.44 bits per heavy atom. The molecule has 1 aliphatic carbocycles. The zero-order chi connectivity index (χ0) is 6.27. The zero-order valence-electron chi connectivity index (χ0n) is 5.00. The second kappa shape index (κ2) is 2.20. The van der Waals surface area contributed by atoms with E-state index in [1.807, 2.05) is 0 Å². The lowest BCUT2D eigenvalue weighted by atomic mass is 10.1. The van der Waals surface area contributed by atoms with E-state index in [1.165, 1.54) is 23.6 Å². The van der Waals surface area contributed by atoms with Gasteiger partial charge in [-0.2, -0.15) is 0 Å². The van der Waals surface area contributed by atoms with Gasteiger partial charge in [-0.1, -0.05) is 17.2 Å². The predicted molar refractivity (Wildman–Crippen MR) is 41.3 cm³/mol. The van der Waals surface area contributed by atoms with Crippen molar-refractivity contribution in [2.45, 2.75) is 24.5 Å². The fraction of sp³-hybridized carbons (Fsp3) is 0.833. The van der Waals surface area contributed by atoms with Gasteiger partial charge >= 0.3 is 0 Å². The van der Waals surface area contributed by atoms with E-state index in [0.717, 1.165) is 6.42 Å². The van der Waals surface area contributed by atoms with Gasteiger partial charge in [0.05, 0.1) is 0 Å².